The molecule has 0 radical (unpaired) electrons. The van der Waals surface area contributed by atoms with Crippen LogP contribution in [-0.4, -0.2) is 15.0 Å². The van der Waals surface area contributed by atoms with Gasteiger partial charge in [-0.25, -0.2) is 4.98 Å². The van der Waals surface area contributed by atoms with Crippen molar-refractivity contribution in [3.8, 4) is 0 Å². The fraction of sp³-hybridized carbons (Fsp3) is 0.167. The number of thiazole rings is 1. The third-order valence-electron chi connectivity index (χ3n) is 2.60. The van der Waals surface area contributed by atoms with Crippen LogP contribution in [0.1, 0.15) is 16.0 Å². The molecule has 0 bridgehead atoms. The Labute approximate surface area is 97.2 Å². The van der Waals surface area contributed by atoms with Crippen LogP contribution < -0.4 is 0 Å². The second-order valence-electron chi connectivity index (χ2n) is 3.87. The molecule has 3 aromatic heterocycles. The fourth-order valence-electron chi connectivity index (χ4n) is 1.83. The molecule has 0 fully saturated rings. The molecule has 3 heterocycles. The molecule has 0 aliphatic carbocycles. The van der Waals surface area contributed by atoms with Crippen molar-refractivity contribution in [2.75, 3.05) is 0 Å². The number of nitrogens with zero attached hydrogens (tertiary/aromatic N) is 2. The highest BCUT2D eigenvalue weighted by atomic mass is 32.1. The van der Waals surface area contributed by atoms with Gasteiger partial charge in [0.25, 0.3) is 0 Å². The van der Waals surface area contributed by atoms with Gasteiger partial charge >= 0.3 is 0 Å². The molecule has 3 rings (SSSR count). The van der Waals surface area contributed by atoms with E-state index in [0.29, 0.717) is 0 Å². The van der Waals surface area contributed by atoms with Gasteiger partial charge in [0.1, 0.15) is 5.65 Å². The topological polar surface area (TPSA) is 41.6 Å². The Morgan fingerprint density at radius 1 is 1.38 bits per heavy atom. The van der Waals surface area contributed by atoms with Crippen molar-refractivity contribution in [1.29, 1.82) is 0 Å². The summed E-state index contributed by atoms with van der Waals surface area (Å²) in [4.78, 5) is 12.9. The Balaban J connectivity index is 2.07. The van der Waals surface area contributed by atoms with Crippen molar-refractivity contribution < 1.29 is 0 Å². The molecular weight excluding hydrogens is 218 g/mol. The molecule has 0 saturated carbocycles. The van der Waals surface area contributed by atoms with Gasteiger partial charge in [0.2, 0.25) is 0 Å². The number of fused-ring (bicyclic) bond motifs is 1. The van der Waals surface area contributed by atoms with Crippen LogP contribution in [0.25, 0.3) is 11.0 Å². The zero-order chi connectivity index (χ0) is 11.0. The standard InChI is InChI=1S/C12H11N3S/c1-8-2-11-9(3-10-6-13-7-16-10)5-15-12(11)14-4-8/h2,4-7H,3H2,1H3,(H,14,15). The fourth-order valence-corrected chi connectivity index (χ4v) is 2.44. The zero-order valence-corrected chi connectivity index (χ0v) is 9.71. The van der Waals surface area contributed by atoms with Gasteiger partial charge in [-0.3, -0.25) is 4.98 Å². The molecule has 4 heteroatoms. The van der Waals surface area contributed by atoms with Crippen LogP contribution >= 0.6 is 11.3 Å². The van der Waals surface area contributed by atoms with Crippen molar-refractivity contribution in [3.05, 3.63) is 46.2 Å². The van der Waals surface area contributed by atoms with Gasteiger partial charge in [0, 0.05) is 35.3 Å². The van der Waals surface area contributed by atoms with E-state index in [1.807, 2.05) is 24.1 Å². The summed E-state index contributed by atoms with van der Waals surface area (Å²) in [5.41, 5.74) is 5.31. The van der Waals surface area contributed by atoms with E-state index >= 15 is 0 Å². The first-order chi connectivity index (χ1) is 7.83. The number of aryl methyl sites for hydroxylation is 1. The van der Waals surface area contributed by atoms with E-state index in [0.717, 1.165) is 12.1 Å². The number of nitrogens with one attached hydrogen (secondary N) is 1. The Morgan fingerprint density at radius 3 is 3.12 bits per heavy atom. The van der Waals surface area contributed by atoms with Crippen LogP contribution in [0.3, 0.4) is 0 Å². The second-order valence-corrected chi connectivity index (χ2v) is 4.84. The molecule has 0 amide bonds. The highest BCUT2D eigenvalue weighted by Crippen LogP contribution is 2.21. The lowest BCUT2D eigenvalue weighted by molar-refractivity contribution is 1.23. The third-order valence-corrected chi connectivity index (χ3v) is 3.38. The second kappa shape index (κ2) is 3.72. The first-order valence-electron chi connectivity index (χ1n) is 5.13. The number of aromatic amines is 1. The molecule has 0 spiro atoms. The molecule has 1 N–H and O–H groups in total. The van der Waals surface area contributed by atoms with Crippen LogP contribution in [-0.2, 0) is 6.42 Å². The minimum atomic E-state index is 0.926. The molecule has 0 aliphatic rings. The van der Waals surface area contributed by atoms with Gasteiger partial charge in [0.05, 0.1) is 5.51 Å². The van der Waals surface area contributed by atoms with Crippen molar-refractivity contribution in [2.24, 2.45) is 0 Å². The van der Waals surface area contributed by atoms with Gasteiger partial charge in [-0.1, -0.05) is 0 Å². The Kier molecular flexibility index (Phi) is 2.22. The lowest BCUT2D eigenvalue weighted by atomic mass is 10.1. The van der Waals surface area contributed by atoms with E-state index < -0.39 is 0 Å². The van der Waals surface area contributed by atoms with E-state index in [2.05, 4.69) is 27.9 Å². The van der Waals surface area contributed by atoms with Crippen LogP contribution in [0.15, 0.2) is 30.2 Å². The van der Waals surface area contributed by atoms with Crippen molar-refractivity contribution in [2.45, 2.75) is 13.3 Å². The van der Waals surface area contributed by atoms with Gasteiger partial charge in [-0.2, -0.15) is 0 Å². The summed E-state index contributed by atoms with van der Waals surface area (Å²) >= 11 is 1.69. The maximum Gasteiger partial charge on any atom is 0.137 e. The first kappa shape index (κ1) is 9.54. The predicted octanol–water partition coefficient (Wildman–Crippen LogP) is 2.92. The maximum atomic E-state index is 4.36. The minimum absolute atomic E-state index is 0.926. The number of rotatable bonds is 2. The summed E-state index contributed by atoms with van der Waals surface area (Å²) in [5.74, 6) is 0. The van der Waals surface area contributed by atoms with Crippen LogP contribution in [0.5, 0.6) is 0 Å². The van der Waals surface area contributed by atoms with E-state index in [4.69, 9.17) is 0 Å². The van der Waals surface area contributed by atoms with Crippen LogP contribution in [0.4, 0.5) is 0 Å². The quantitative estimate of drug-likeness (QED) is 0.734. The Morgan fingerprint density at radius 2 is 2.31 bits per heavy atom. The lowest BCUT2D eigenvalue weighted by Gasteiger charge is -1.97. The molecule has 3 nitrogen and oxygen atoms in total. The molecule has 0 unspecified atom stereocenters. The SMILES string of the molecule is Cc1cnc2[nH]cc(Cc3cncs3)c2c1. The van der Waals surface area contributed by atoms with Crippen LogP contribution in [0.2, 0.25) is 0 Å². The molecule has 80 valence electrons. The van der Waals surface area contributed by atoms with Crippen molar-refractivity contribution in [1.82, 2.24) is 15.0 Å². The Hall–Kier alpha value is -1.68. The number of pyridine rings is 1. The molecular formula is C12H11N3S. The normalized spacial score (nSPS) is 11.1. The summed E-state index contributed by atoms with van der Waals surface area (Å²) in [6.45, 7) is 2.07. The summed E-state index contributed by atoms with van der Waals surface area (Å²) in [6, 6.07) is 2.18. The summed E-state index contributed by atoms with van der Waals surface area (Å²) < 4.78 is 0. The molecule has 0 aliphatic heterocycles. The summed E-state index contributed by atoms with van der Waals surface area (Å²) in [7, 11) is 0. The summed E-state index contributed by atoms with van der Waals surface area (Å²) in [5, 5.41) is 1.22. The largest absolute Gasteiger partial charge is 0.346 e. The number of hydrogen-bond donors (Lipinski definition) is 1. The molecule has 16 heavy (non-hydrogen) atoms. The highest BCUT2D eigenvalue weighted by Gasteiger charge is 2.06. The van der Waals surface area contributed by atoms with E-state index in [-0.39, 0.29) is 0 Å². The molecule has 0 atom stereocenters. The highest BCUT2D eigenvalue weighted by molar-refractivity contribution is 7.09. The van der Waals surface area contributed by atoms with Gasteiger partial charge in [-0.05, 0) is 24.1 Å². The lowest BCUT2D eigenvalue weighted by Crippen LogP contribution is -1.84. The van der Waals surface area contributed by atoms with Crippen molar-refractivity contribution >= 4 is 22.4 Å². The number of aromatic nitrogens is 3. The van der Waals surface area contributed by atoms with E-state index in [1.54, 1.807) is 11.3 Å². The minimum Gasteiger partial charge on any atom is -0.346 e. The molecule has 0 saturated heterocycles. The monoisotopic (exact) mass is 229 g/mol. The van der Waals surface area contributed by atoms with Gasteiger partial charge in [0.15, 0.2) is 0 Å². The van der Waals surface area contributed by atoms with Crippen molar-refractivity contribution in [3.63, 3.8) is 0 Å². The smallest absolute Gasteiger partial charge is 0.137 e. The summed E-state index contributed by atoms with van der Waals surface area (Å²) in [6.07, 6.45) is 6.77. The van der Waals surface area contributed by atoms with E-state index in [1.165, 1.54) is 21.4 Å². The average Bonchev–Trinajstić information content (AvgIpc) is 2.90. The van der Waals surface area contributed by atoms with Gasteiger partial charge < -0.3 is 4.98 Å². The molecule has 0 aromatic carbocycles. The maximum absolute atomic E-state index is 4.36. The van der Waals surface area contributed by atoms with Gasteiger partial charge in [-0.15, -0.1) is 11.3 Å². The van der Waals surface area contributed by atoms with E-state index in [9.17, 15) is 0 Å². The number of H-pyrrole nitrogens is 1. The Bertz CT molecular complexity index is 610. The number of hydrogen-bond acceptors (Lipinski definition) is 3. The molecule has 3 aromatic rings. The zero-order valence-electron chi connectivity index (χ0n) is 8.90. The first-order valence-corrected chi connectivity index (χ1v) is 6.01. The third kappa shape index (κ3) is 1.61. The average molecular weight is 229 g/mol. The van der Waals surface area contributed by atoms with Crippen LogP contribution in [0, 0.1) is 6.92 Å². The predicted molar refractivity (Wildman–Crippen MR) is 65.8 cm³/mol.